The van der Waals surface area contributed by atoms with Crippen LogP contribution in [0.4, 0.5) is 4.79 Å². The maximum Gasteiger partial charge on any atom is 0.337 e. The van der Waals surface area contributed by atoms with Crippen LogP contribution >= 0.6 is 0 Å². The van der Waals surface area contributed by atoms with Crippen LogP contribution in [0.2, 0.25) is 0 Å². The van der Waals surface area contributed by atoms with Crippen LogP contribution in [0.3, 0.4) is 0 Å². The zero-order valence-electron chi connectivity index (χ0n) is 9.75. The van der Waals surface area contributed by atoms with Gasteiger partial charge in [0.1, 0.15) is 0 Å². The molecule has 1 unspecified atom stereocenters. The van der Waals surface area contributed by atoms with E-state index in [-0.39, 0.29) is 6.54 Å². The van der Waals surface area contributed by atoms with Crippen LogP contribution in [-0.4, -0.2) is 44.6 Å². The second kappa shape index (κ2) is 5.92. The van der Waals surface area contributed by atoms with E-state index < -0.39 is 24.1 Å². The second-order valence-electron chi connectivity index (χ2n) is 3.83. The molecule has 0 saturated carbocycles. The number of nitrogens with zero attached hydrogens (tertiary/aromatic N) is 2. The average Bonchev–Trinajstić information content (AvgIpc) is 2.35. The van der Waals surface area contributed by atoms with Crippen molar-refractivity contribution in [3.8, 4) is 0 Å². The predicted octanol–water partition coefficient (Wildman–Crippen LogP) is -0.889. The number of rotatable bonds is 5. The number of carbonyl (C=O) groups excluding carboxylic acids is 1. The van der Waals surface area contributed by atoms with Crippen molar-refractivity contribution in [1.29, 1.82) is 0 Å². The number of aliphatic carboxylic acids is 1. The van der Waals surface area contributed by atoms with Gasteiger partial charge in [0.2, 0.25) is 0 Å². The molecule has 98 valence electrons. The summed E-state index contributed by atoms with van der Waals surface area (Å²) in [6.45, 7) is 0.863. The minimum atomic E-state index is -2.00. The third kappa shape index (κ3) is 4.34. The summed E-state index contributed by atoms with van der Waals surface area (Å²) in [6.07, 6.45) is 1.51. The molecule has 4 N–H and O–H groups in total. The molecule has 1 atom stereocenters. The fourth-order valence-corrected chi connectivity index (χ4v) is 0.989. The Morgan fingerprint density at radius 2 is 2.17 bits per heavy atom. The monoisotopic (exact) mass is 254 g/mol. The molecule has 8 nitrogen and oxygen atoms in total. The Morgan fingerprint density at radius 1 is 1.44 bits per heavy atom. The fourth-order valence-electron chi connectivity index (χ4n) is 0.989. The van der Waals surface area contributed by atoms with Gasteiger partial charge in [0, 0.05) is 6.20 Å². The van der Waals surface area contributed by atoms with E-state index in [0.717, 1.165) is 6.92 Å². The van der Waals surface area contributed by atoms with Crippen LogP contribution in [0.1, 0.15) is 12.6 Å². The van der Waals surface area contributed by atoms with Gasteiger partial charge in [0.15, 0.2) is 5.60 Å². The highest BCUT2D eigenvalue weighted by atomic mass is 16.4. The largest absolute Gasteiger partial charge is 0.479 e. The molecule has 2 amide bonds. The summed E-state index contributed by atoms with van der Waals surface area (Å²) in [6, 6.07) is 2.76. The molecular formula is C10H14N4O4. The third-order valence-corrected chi connectivity index (χ3v) is 2.11. The molecule has 0 aliphatic rings. The third-order valence-electron chi connectivity index (χ3n) is 2.11. The molecule has 8 heteroatoms. The van der Waals surface area contributed by atoms with Gasteiger partial charge in [-0.15, -0.1) is 0 Å². The molecule has 0 spiro atoms. The fraction of sp³-hybridized carbons (Fsp3) is 0.400. The molecule has 0 radical (unpaired) electrons. The number of aromatic nitrogens is 2. The molecule has 1 aromatic heterocycles. The van der Waals surface area contributed by atoms with Crippen LogP contribution in [0.15, 0.2) is 18.3 Å². The van der Waals surface area contributed by atoms with Gasteiger partial charge < -0.3 is 20.8 Å². The van der Waals surface area contributed by atoms with E-state index in [1.165, 1.54) is 6.20 Å². The highest BCUT2D eigenvalue weighted by Crippen LogP contribution is 2.00. The number of amides is 2. The minimum absolute atomic E-state index is 0.162. The quantitative estimate of drug-likeness (QED) is 0.540. The molecular weight excluding hydrogens is 240 g/mol. The Hall–Kier alpha value is -2.22. The summed E-state index contributed by atoms with van der Waals surface area (Å²) in [7, 11) is 0. The maximum absolute atomic E-state index is 11.3. The SMILES string of the molecule is CC(O)(CNC(=O)NCc1cccnn1)C(=O)O. The van der Waals surface area contributed by atoms with E-state index >= 15 is 0 Å². The van der Waals surface area contributed by atoms with Gasteiger partial charge in [0.05, 0.1) is 18.8 Å². The van der Waals surface area contributed by atoms with Crippen LogP contribution in [0.25, 0.3) is 0 Å². The molecule has 1 aromatic rings. The zero-order chi connectivity index (χ0) is 13.6. The lowest BCUT2D eigenvalue weighted by Crippen LogP contribution is -2.49. The number of nitrogens with one attached hydrogen (secondary N) is 2. The van der Waals surface area contributed by atoms with Crippen molar-refractivity contribution in [3.05, 3.63) is 24.0 Å². The van der Waals surface area contributed by atoms with Gasteiger partial charge in [-0.1, -0.05) is 0 Å². The van der Waals surface area contributed by atoms with Crippen molar-refractivity contribution in [2.24, 2.45) is 0 Å². The lowest BCUT2D eigenvalue weighted by molar-refractivity contribution is -0.155. The molecule has 18 heavy (non-hydrogen) atoms. The van der Waals surface area contributed by atoms with Crippen molar-refractivity contribution in [3.63, 3.8) is 0 Å². The minimum Gasteiger partial charge on any atom is -0.479 e. The number of urea groups is 1. The molecule has 0 saturated heterocycles. The van der Waals surface area contributed by atoms with Crippen LogP contribution in [0, 0.1) is 0 Å². The molecule has 0 aromatic carbocycles. The molecule has 0 aliphatic heterocycles. The highest BCUT2D eigenvalue weighted by molar-refractivity contribution is 5.79. The Balaban J connectivity index is 2.33. The lowest BCUT2D eigenvalue weighted by Gasteiger charge is -2.18. The summed E-state index contributed by atoms with van der Waals surface area (Å²) < 4.78 is 0. The van der Waals surface area contributed by atoms with Gasteiger partial charge in [0.25, 0.3) is 0 Å². The van der Waals surface area contributed by atoms with E-state index in [9.17, 15) is 14.7 Å². The first-order valence-electron chi connectivity index (χ1n) is 5.16. The van der Waals surface area contributed by atoms with Gasteiger partial charge >= 0.3 is 12.0 Å². The van der Waals surface area contributed by atoms with E-state index in [1.807, 2.05) is 0 Å². The Morgan fingerprint density at radius 3 is 2.72 bits per heavy atom. The summed E-state index contributed by atoms with van der Waals surface area (Å²) >= 11 is 0. The van der Waals surface area contributed by atoms with E-state index in [0.29, 0.717) is 5.69 Å². The number of hydrogen-bond acceptors (Lipinski definition) is 5. The van der Waals surface area contributed by atoms with Crippen molar-refractivity contribution >= 4 is 12.0 Å². The Bertz CT molecular complexity index is 421. The zero-order valence-corrected chi connectivity index (χ0v) is 9.75. The van der Waals surface area contributed by atoms with Gasteiger partial charge in [-0.3, -0.25) is 0 Å². The first-order chi connectivity index (χ1) is 8.42. The Kier molecular flexibility index (Phi) is 4.55. The summed E-state index contributed by atoms with van der Waals surface area (Å²) in [5.41, 5.74) is -1.43. The van der Waals surface area contributed by atoms with Crippen LogP contribution in [-0.2, 0) is 11.3 Å². The molecule has 0 bridgehead atoms. The Labute approximate surface area is 103 Å². The van der Waals surface area contributed by atoms with E-state index in [4.69, 9.17) is 5.11 Å². The molecule has 0 fully saturated rings. The van der Waals surface area contributed by atoms with Crippen molar-refractivity contribution in [2.75, 3.05) is 6.54 Å². The number of aliphatic hydroxyl groups is 1. The summed E-state index contributed by atoms with van der Waals surface area (Å²) in [5.74, 6) is -1.41. The van der Waals surface area contributed by atoms with Crippen molar-refractivity contribution in [2.45, 2.75) is 19.1 Å². The van der Waals surface area contributed by atoms with E-state index in [1.54, 1.807) is 12.1 Å². The highest BCUT2D eigenvalue weighted by Gasteiger charge is 2.30. The first kappa shape index (κ1) is 13.8. The normalized spacial score (nSPS) is 13.4. The predicted molar refractivity (Wildman–Crippen MR) is 60.5 cm³/mol. The van der Waals surface area contributed by atoms with Gasteiger partial charge in [-0.2, -0.15) is 10.2 Å². The van der Waals surface area contributed by atoms with Gasteiger partial charge in [-0.05, 0) is 19.1 Å². The van der Waals surface area contributed by atoms with Crippen molar-refractivity contribution in [1.82, 2.24) is 20.8 Å². The number of carboxylic acids is 1. The standard InChI is InChI=1S/C10H14N4O4/c1-10(18,8(15)16)6-12-9(17)11-5-7-3-2-4-13-14-7/h2-4,18H,5-6H2,1H3,(H,15,16)(H2,11,12,17). The second-order valence-corrected chi connectivity index (χ2v) is 3.83. The molecule has 1 rings (SSSR count). The smallest absolute Gasteiger partial charge is 0.337 e. The number of carbonyl (C=O) groups is 2. The topological polar surface area (TPSA) is 124 Å². The molecule has 1 heterocycles. The van der Waals surface area contributed by atoms with E-state index in [2.05, 4.69) is 20.8 Å². The molecule has 0 aliphatic carbocycles. The van der Waals surface area contributed by atoms with Gasteiger partial charge in [-0.25, -0.2) is 9.59 Å². The van der Waals surface area contributed by atoms with Crippen LogP contribution < -0.4 is 10.6 Å². The first-order valence-corrected chi connectivity index (χ1v) is 5.16. The number of hydrogen-bond donors (Lipinski definition) is 4. The van der Waals surface area contributed by atoms with Crippen molar-refractivity contribution < 1.29 is 19.8 Å². The summed E-state index contributed by atoms with van der Waals surface area (Å²) in [5, 5.41) is 30.1. The lowest BCUT2D eigenvalue weighted by atomic mass is 10.1. The summed E-state index contributed by atoms with van der Waals surface area (Å²) in [4.78, 5) is 21.9. The van der Waals surface area contributed by atoms with Crippen LogP contribution in [0.5, 0.6) is 0 Å². The average molecular weight is 254 g/mol. The number of carboxylic acid groups (broad SMARTS) is 1. The maximum atomic E-state index is 11.3.